The Bertz CT molecular complexity index is 627. The van der Waals surface area contributed by atoms with E-state index in [0.717, 1.165) is 5.56 Å². The van der Waals surface area contributed by atoms with E-state index in [0.29, 0.717) is 45.0 Å². The van der Waals surface area contributed by atoms with E-state index in [4.69, 9.17) is 10.5 Å². The van der Waals surface area contributed by atoms with Crippen LogP contribution in [-0.4, -0.2) is 51.5 Å². The molecule has 0 atom stereocenters. The third-order valence-electron chi connectivity index (χ3n) is 3.67. The Balaban J connectivity index is 2.06. The van der Waals surface area contributed by atoms with Crippen LogP contribution in [0.15, 0.2) is 24.3 Å². The molecule has 1 aromatic rings. The van der Waals surface area contributed by atoms with Crippen molar-refractivity contribution in [2.24, 2.45) is 5.73 Å². The predicted molar refractivity (Wildman–Crippen MR) is 87.0 cm³/mol. The van der Waals surface area contributed by atoms with E-state index in [1.54, 1.807) is 12.1 Å². The van der Waals surface area contributed by atoms with Crippen molar-refractivity contribution in [1.82, 2.24) is 9.62 Å². The molecule has 1 aromatic carbocycles. The van der Waals surface area contributed by atoms with Gasteiger partial charge in [-0.15, -0.1) is 0 Å². The number of amides is 1. The van der Waals surface area contributed by atoms with Crippen molar-refractivity contribution in [1.29, 1.82) is 0 Å². The van der Waals surface area contributed by atoms with Gasteiger partial charge in [-0.05, 0) is 11.1 Å². The molecular formula is C15H23N3O4S. The van der Waals surface area contributed by atoms with Crippen molar-refractivity contribution in [2.75, 3.05) is 32.8 Å². The molecule has 1 fully saturated rings. The minimum atomic E-state index is -3.39. The van der Waals surface area contributed by atoms with Crippen LogP contribution >= 0.6 is 0 Å². The first-order valence-corrected chi connectivity index (χ1v) is 9.23. The van der Waals surface area contributed by atoms with E-state index in [1.165, 1.54) is 4.31 Å². The van der Waals surface area contributed by atoms with Gasteiger partial charge in [0.15, 0.2) is 0 Å². The topological polar surface area (TPSA) is 102 Å². The summed E-state index contributed by atoms with van der Waals surface area (Å²) in [5.74, 6) is -0.214. The quantitative estimate of drug-likeness (QED) is 0.716. The van der Waals surface area contributed by atoms with Crippen LogP contribution in [0.4, 0.5) is 0 Å². The summed E-state index contributed by atoms with van der Waals surface area (Å²) in [5, 5.41) is 2.76. The van der Waals surface area contributed by atoms with Gasteiger partial charge < -0.3 is 15.8 Å². The molecule has 1 amide bonds. The third-order valence-corrected chi connectivity index (χ3v) is 5.49. The molecule has 1 aliphatic heterocycles. The van der Waals surface area contributed by atoms with Crippen molar-refractivity contribution in [2.45, 2.75) is 18.7 Å². The van der Waals surface area contributed by atoms with Crippen molar-refractivity contribution < 1.29 is 17.9 Å². The van der Waals surface area contributed by atoms with Crippen molar-refractivity contribution >= 4 is 15.9 Å². The van der Waals surface area contributed by atoms with Crippen molar-refractivity contribution in [3.8, 4) is 0 Å². The van der Waals surface area contributed by atoms with Gasteiger partial charge in [0.1, 0.15) is 0 Å². The SMILES string of the molecule is NCCC(=O)NCc1ccccc1CS(=O)(=O)N1CCOCC1. The van der Waals surface area contributed by atoms with Crippen LogP contribution in [0, 0.1) is 0 Å². The van der Waals surface area contributed by atoms with Crippen LogP contribution in [-0.2, 0) is 31.9 Å². The first-order chi connectivity index (χ1) is 11.0. The van der Waals surface area contributed by atoms with E-state index in [2.05, 4.69) is 5.32 Å². The number of benzene rings is 1. The van der Waals surface area contributed by atoms with Gasteiger partial charge in [-0.1, -0.05) is 24.3 Å². The third kappa shape index (κ3) is 5.28. The maximum atomic E-state index is 12.5. The van der Waals surface area contributed by atoms with Crippen LogP contribution in [0.2, 0.25) is 0 Å². The molecule has 0 saturated carbocycles. The largest absolute Gasteiger partial charge is 0.379 e. The summed E-state index contributed by atoms with van der Waals surface area (Å²) in [5.41, 5.74) is 6.84. The van der Waals surface area contributed by atoms with Gasteiger partial charge >= 0.3 is 0 Å². The molecule has 0 aliphatic carbocycles. The summed E-state index contributed by atoms with van der Waals surface area (Å²) in [6, 6.07) is 7.24. The second-order valence-electron chi connectivity index (χ2n) is 5.35. The van der Waals surface area contributed by atoms with Crippen LogP contribution in [0.25, 0.3) is 0 Å². The lowest BCUT2D eigenvalue weighted by Crippen LogP contribution is -2.41. The number of nitrogens with one attached hydrogen (secondary N) is 1. The molecule has 23 heavy (non-hydrogen) atoms. The zero-order chi connectivity index (χ0) is 16.7. The molecule has 3 N–H and O–H groups in total. The van der Waals surface area contributed by atoms with Crippen LogP contribution in [0.3, 0.4) is 0 Å². The monoisotopic (exact) mass is 341 g/mol. The van der Waals surface area contributed by atoms with Gasteiger partial charge in [-0.25, -0.2) is 8.42 Å². The number of hydrogen-bond donors (Lipinski definition) is 2. The number of hydrogen-bond acceptors (Lipinski definition) is 5. The molecule has 1 aliphatic rings. The molecule has 0 aromatic heterocycles. The fraction of sp³-hybridized carbons (Fsp3) is 0.533. The molecule has 0 radical (unpaired) electrons. The lowest BCUT2D eigenvalue weighted by molar-refractivity contribution is -0.121. The zero-order valence-corrected chi connectivity index (χ0v) is 13.8. The highest BCUT2D eigenvalue weighted by Gasteiger charge is 2.25. The Labute approximate surface area is 136 Å². The van der Waals surface area contributed by atoms with Gasteiger partial charge in [0.2, 0.25) is 15.9 Å². The number of carbonyl (C=O) groups is 1. The highest BCUT2D eigenvalue weighted by molar-refractivity contribution is 7.88. The van der Waals surface area contributed by atoms with Gasteiger partial charge in [0.05, 0.1) is 19.0 Å². The number of nitrogens with zero attached hydrogens (tertiary/aromatic N) is 1. The number of rotatable bonds is 7. The van der Waals surface area contributed by atoms with E-state index in [9.17, 15) is 13.2 Å². The molecule has 2 rings (SSSR count). The van der Waals surface area contributed by atoms with E-state index in [-0.39, 0.29) is 18.1 Å². The van der Waals surface area contributed by atoms with Crippen LogP contribution in [0.1, 0.15) is 17.5 Å². The minimum absolute atomic E-state index is 0.0735. The van der Waals surface area contributed by atoms with Crippen LogP contribution < -0.4 is 11.1 Å². The second kappa shape index (κ2) is 8.39. The first-order valence-electron chi connectivity index (χ1n) is 7.62. The van der Waals surface area contributed by atoms with E-state index >= 15 is 0 Å². The van der Waals surface area contributed by atoms with Crippen molar-refractivity contribution in [3.05, 3.63) is 35.4 Å². The number of ether oxygens (including phenoxy) is 1. The van der Waals surface area contributed by atoms with E-state index < -0.39 is 10.0 Å². The first kappa shape index (κ1) is 17.9. The summed E-state index contributed by atoms with van der Waals surface area (Å²) >= 11 is 0. The molecule has 1 saturated heterocycles. The highest BCUT2D eigenvalue weighted by Crippen LogP contribution is 2.16. The normalized spacial score (nSPS) is 16.2. The maximum Gasteiger partial charge on any atom is 0.221 e. The summed E-state index contributed by atoms with van der Waals surface area (Å²) in [7, 11) is -3.39. The minimum Gasteiger partial charge on any atom is -0.379 e. The lowest BCUT2D eigenvalue weighted by atomic mass is 10.1. The Hall–Kier alpha value is -1.48. The fourth-order valence-electron chi connectivity index (χ4n) is 2.40. The Kier molecular flexibility index (Phi) is 6.52. The Morgan fingerprint density at radius 1 is 1.22 bits per heavy atom. The van der Waals surface area contributed by atoms with Crippen LogP contribution in [0.5, 0.6) is 0 Å². The van der Waals surface area contributed by atoms with Gasteiger partial charge in [-0.3, -0.25) is 4.79 Å². The average Bonchev–Trinajstić information content (AvgIpc) is 2.55. The molecule has 7 nitrogen and oxygen atoms in total. The van der Waals surface area contributed by atoms with Gasteiger partial charge in [0, 0.05) is 32.6 Å². The molecule has 0 spiro atoms. The molecule has 1 heterocycles. The Morgan fingerprint density at radius 3 is 2.52 bits per heavy atom. The van der Waals surface area contributed by atoms with Crippen molar-refractivity contribution in [3.63, 3.8) is 0 Å². The smallest absolute Gasteiger partial charge is 0.221 e. The number of sulfonamides is 1. The maximum absolute atomic E-state index is 12.5. The lowest BCUT2D eigenvalue weighted by Gasteiger charge is -2.26. The predicted octanol–water partition coefficient (Wildman–Crippen LogP) is -0.186. The second-order valence-corrected chi connectivity index (χ2v) is 7.32. The van der Waals surface area contributed by atoms with Gasteiger partial charge in [0.25, 0.3) is 0 Å². The summed E-state index contributed by atoms with van der Waals surface area (Å²) in [6.07, 6.45) is 0.258. The molecule has 8 heteroatoms. The highest BCUT2D eigenvalue weighted by atomic mass is 32.2. The molecule has 128 valence electrons. The van der Waals surface area contributed by atoms with Gasteiger partial charge in [-0.2, -0.15) is 4.31 Å². The number of morpholine rings is 1. The Morgan fingerprint density at radius 2 is 1.87 bits per heavy atom. The summed E-state index contributed by atoms with van der Waals surface area (Å²) < 4.78 is 31.7. The molecule has 0 bridgehead atoms. The standard InChI is InChI=1S/C15H23N3O4S/c16-6-5-15(19)17-11-13-3-1-2-4-14(13)12-23(20,21)18-7-9-22-10-8-18/h1-4H,5-12,16H2,(H,17,19). The summed E-state index contributed by atoms with van der Waals surface area (Å²) in [6.45, 7) is 2.22. The number of nitrogens with two attached hydrogens (primary N) is 1. The van der Waals surface area contributed by atoms with E-state index in [1.807, 2.05) is 12.1 Å². The molecule has 0 unspecified atom stereocenters. The summed E-state index contributed by atoms with van der Waals surface area (Å²) in [4.78, 5) is 11.5. The average molecular weight is 341 g/mol. The number of carbonyl (C=O) groups excluding carboxylic acids is 1. The fourth-order valence-corrected chi connectivity index (χ4v) is 3.96. The molecular weight excluding hydrogens is 318 g/mol. The zero-order valence-electron chi connectivity index (χ0n) is 13.0.